The molecule has 3 fully saturated rings. The van der Waals surface area contributed by atoms with Crippen molar-refractivity contribution in [3.63, 3.8) is 0 Å². The lowest BCUT2D eigenvalue weighted by Gasteiger charge is -2.52. The van der Waals surface area contributed by atoms with Crippen molar-refractivity contribution in [1.29, 1.82) is 0 Å². The smallest absolute Gasteiger partial charge is 0.103 e. The standard InChI is InChI=1S/C14H25NO2/c16-14(7-8-17-12-14)11-15-9-13(10-15)5-3-1-2-4-6-13/h16H,1-12H2. The first-order chi connectivity index (χ1) is 8.20. The second kappa shape index (κ2) is 4.52. The van der Waals surface area contributed by atoms with Crippen molar-refractivity contribution in [2.24, 2.45) is 5.41 Å². The normalized spacial score (nSPS) is 37.9. The van der Waals surface area contributed by atoms with Crippen LogP contribution in [0.15, 0.2) is 0 Å². The summed E-state index contributed by atoms with van der Waals surface area (Å²) >= 11 is 0. The maximum atomic E-state index is 10.3. The number of hydrogen-bond donors (Lipinski definition) is 1. The number of nitrogens with zero attached hydrogens (tertiary/aromatic N) is 1. The van der Waals surface area contributed by atoms with Gasteiger partial charge in [-0.05, 0) is 18.3 Å². The molecule has 2 aliphatic heterocycles. The number of rotatable bonds is 2. The van der Waals surface area contributed by atoms with Crippen LogP contribution in [-0.4, -0.2) is 48.5 Å². The molecule has 3 heteroatoms. The lowest BCUT2D eigenvalue weighted by Crippen LogP contribution is -2.60. The number of β-amino-alcohol motifs (C(OH)–C–C–N with tert-alkyl or cyclic N) is 1. The summed E-state index contributed by atoms with van der Waals surface area (Å²) in [5, 5.41) is 10.3. The lowest BCUT2D eigenvalue weighted by molar-refractivity contribution is -0.0749. The Hall–Kier alpha value is -0.120. The van der Waals surface area contributed by atoms with E-state index in [0.717, 1.165) is 19.6 Å². The number of aliphatic hydroxyl groups is 1. The Morgan fingerprint density at radius 3 is 2.29 bits per heavy atom. The summed E-state index contributed by atoms with van der Waals surface area (Å²) in [6.07, 6.45) is 9.34. The van der Waals surface area contributed by atoms with E-state index in [1.165, 1.54) is 51.6 Å². The fraction of sp³-hybridized carbons (Fsp3) is 1.00. The number of ether oxygens (including phenoxy) is 1. The highest BCUT2D eigenvalue weighted by Crippen LogP contribution is 2.43. The molecule has 2 heterocycles. The van der Waals surface area contributed by atoms with Gasteiger partial charge >= 0.3 is 0 Å². The summed E-state index contributed by atoms with van der Waals surface area (Å²) in [5.41, 5.74) is 0.0681. The third-order valence-corrected chi connectivity index (χ3v) is 4.88. The van der Waals surface area contributed by atoms with E-state index >= 15 is 0 Å². The fourth-order valence-corrected chi connectivity index (χ4v) is 3.95. The Morgan fingerprint density at radius 2 is 1.71 bits per heavy atom. The van der Waals surface area contributed by atoms with E-state index in [-0.39, 0.29) is 0 Å². The molecule has 3 rings (SSSR count). The maximum absolute atomic E-state index is 10.3. The van der Waals surface area contributed by atoms with Crippen molar-refractivity contribution in [3.05, 3.63) is 0 Å². The zero-order valence-corrected chi connectivity index (χ0v) is 10.8. The first kappa shape index (κ1) is 11.9. The third-order valence-electron chi connectivity index (χ3n) is 4.88. The van der Waals surface area contributed by atoms with Gasteiger partial charge in [-0.1, -0.05) is 25.7 Å². The van der Waals surface area contributed by atoms with Crippen LogP contribution in [0.3, 0.4) is 0 Å². The van der Waals surface area contributed by atoms with Crippen LogP contribution >= 0.6 is 0 Å². The zero-order chi connectivity index (χ0) is 11.8. The van der Waals surface area contributed by atoms with Gasteiger partial charge in [-0.2, -0.15) is 0 Å². The molecule has 3 aliphatic rings. The van der Waals surface area contributed by atoms with Gasteiger partial charge in [0, 0.05) is 32.7 Å². The first-order valence-electron chi connectivity index (χ1n) is 7.22. The largest absolute Gasteiger partial charge is 0.386 e. The van der Waals surface area contributed by atoms with Crippen LogP contribution in [0.1, 0.15) is 44.9 Å². The monoisotopic (exact) mass is 239 g/mol. The van der Waals surface area contributed by atoms with Gasteiger partial charge in [-0.3, -0.25) is 4.90 Å². The van der Waals surface area contributed by atoms with Crippen LogP contribution in [-0.2, 0) is 4.74 Å². The summed E-state index contributed by atoms with van der Waals surface area (Å²) < 4.78 is 5.31. The molecule has 1 aliphatic carbocycles. The molecule has 0 aromatic rings. The number of hydrogen-bond acceptors (Lipinski definition) is 3. The molecule has 17 heavy (non-hydrogen) atoms. The quantitative estimate of drug-likeness (QED) is 0.797. The maximum Gasteiger partial charge on any atom is 0.103 e. The highest BCUT2D eigenvalue weighted by Gasteiger charge is 2.45. The lowest BCUT2D eigenvalue weighted by atomic mass is 9.73. The molecule has 1 atom stereocenters. The van der Waals surface area contributed by atoms with Gasteiger partial charge in [0.15, 0.2) is 0 Å². The molecule has 0 radical (unpaired) electrons. The Kier molecular flexibility index (Phi) is 3.18. The topological polar surface area (TPSA) is 32.7 Å². The Balaban J connectivity index is 1.50. The van der Waals surface area contributed by atoms with Gasteiger partial charge in [-0.15, -0.1) is 0 Å². The minimum absolute atomic E-state index is 0.538. The highest BCUT2D eigenvalue weighted by molar-refractivity contribution is 4.99. The van der Waals surface area contributed by atoms with Crippen LogP contribution in [0.25, 0.3) is 0 Å². The van der Waals surface area contributed by atoms with E-state index < -0.39 is 5.60 Å². The van der Waals surface area contributed by atoms with Crippen molar-refractivity contribution >= 4 is 0 Å². The summed E-state index contributed by atoms with van der Waals surface area (Å²) in [5.74, 6) is 0. The summed E-state index contributed by atoms with van der Waals surface area (Å²) in [7, 11) is 0. The van der Waals surface area contributed by atoms with Crippen LogP contribution in [0.5, 0.6) is 0 Å². The van der Waals surface area contributed by atoms with Gasteiger partial charge < -0.3 is 9.84 Å². The van der Waals surface area contributed by atoms with Crippen LogP contribution < -0.4 is 0 Å². The highest BCUT2D eigenvalue weighted by atomic mass is 16.5. The molecule has 3 nitrogen and oxygen atoms in total. The molecule has 1 unspecified atom stereocenters. The Bertz CT molecular complexity index is 257. The molecule has 0 aromatic carbocycles. The molecular weight excluding hydrogens is 214 g/mol. The van der Waals surface area contributed by atoms with Crippen molar-refractivity contribution < 1.29 is 9.84 Å². The van der Waals surface area contributed by atoms with Gasteiger partial charge in [0.05, 0.1) is 6.61 Å². The SMILES string of the molecule is OC1(CN2CC3(CCCCCC3)C2)CCOC1. The van der Waals surface area contributed by atoms with Crippen LogP contribution in [0, 0.1) is 5.41 Å². The molecule has 98 valence electrons. The number of likely N-dealkylation sites (tertiary alicyclic amines) is 1. The van der Waals surface area contributed by atoms with Gasteiger partial charge in [0.2, 0.25) is 0 Å². The average molecular weight is 239 g/mol. The van der Waals surface area contributed by atoms with E-state index in [2.05, 4.69) is 4.90 Å². The minimum Gasteiger partial charge on any atom is -0.386 e. The fourth-order valence-electron chi connectivity index (χ4n) is 3.95. The molecular formula is C14H25NO2. The zero-order valence-electron chi connectivity index (χ0n) is 10.8. The molecule has 0 bridgehead atoms. The molecule has 0 aromatic heterocycles. The Morgan fingerprint density at radius 1 is 1.00 bits per heavy atom. The van der Waals surface area contributed by atoms with E-state index in [0.29, 0.717) is 12.0 Å². The van der Waals surface area contributed by atoms with Crippen molar-refractivity contribution in [3.8, 4) is 0 Å². The van der Waals surface area contributed by atoms with Crippen LogP contribution in [0.2, 0.25) is 0 Å². The molecule has 1 saturated carbocycles. The van der Waals surface area contributed by atoms with E-state index in [4.69, 9.17) is 4.74 Å². The summed E-state index contributed by atoms with van der Waals surface area (Å²) in [6, 6.07) is 0. The predicted octanol–water partition coefficient (Wildman–Crippen LogP) is 1.79. The molecule has 1 N–H and O–H groups in total. The van der Waals surface area contributed by atoms with E-state index in [1.54, 1.807) is 0 Å². The Labute approximate surface area is 104 Å². The second-order valence-electron chi connectivity index (χ2n) is 6.59. The average Bonchev–Trinajstić information content (AvgIpc) is 2.53. The minimum atomic E-state index is -0.549. The third kappa shape index (κ3) is 2.51. The van der Waals surface area contributed by atoms with Crippen molar-refractivity contribution in [1.82, 2.24) is 4.90 Å². The van der Waals surface area contributed by atoms with Crippen LogP contribution in [0.4, 0.5) is 0 Å². The van der Waals surface area contributed by atoms with Gasteiger partial charge in [0.25, 0.3) is 0 Å². The van der Waals surface area contributed by atoms with Gasteiger partial charge in [0.1, 0.15) is 5.60 Å². The van der Waals surface area contributed by atoms with Gasteiger partial charge in [-0.25, -0.2) is 0 Å². The first-order valence-corrected chi connectivity index (χ1v) is 7.22. The van der Waals surface area contributed by atoms with E-state index in [9.17, 15) is 5.11 Å². The van der Waals surface area contributed by atoms with E-state index in [1.807, 2.05) is 0 Å². The molecule has 0 amide bonds. The summed E-state index contributed by atoms with van der Waals surface area (Å²) in [4.78, 5) is 2.44. The predicted molar refractivity (Wildman–Crippen MR) is 67.0 cm³/mol. The van der Waals surface area contributed by atoms with Crippen molar-refractivity contribution in [2.75, 3.05) is 32.8 Å². The summed E-state index contributed by atoms with van der Waals surface area (Å²) in [6.45, 7) is 4.53. The second-order valence-corrected chi connectivity index (χ2v) is 6.59. The molecule has 2 saturated heterocycles. The molecule has 1 spiro atoms. The van der Waals surface area contributed by atoms with Crippen molar-refractivity contribution in [2.45, 2.75) is 50.5 Å².